The summed E-state index contributed by atoms with van der Waals surface area (Å²) in [4.78, 5) is 5.03. The fourth-order valence-electron chi connectivity index (χ4n) is 0.809. The lowest BCUT2D eigenvalue weighted by Crippen LogP contribution is -1.92. The lowest BCUT2D eigenvalue weighted by atomic mass is 10.4. The Morgan fingerprint density at radius 1 is 1.67 bits per heavy atom. The van der Waals surface area contributed by atoms with Crippen LogP contribution in [0.1, 0.15) is 24.6 Å². The van der Waals surface area contributed by atoms with E-state index in [1.165, 1.54) is 17.8 Å². The molecule has 0 aliphatic carbocycles. The zero-order chi connectivity index (χ0) is 8.81. The molecule has 0 aliphatic heterocycles. The molecular formula is C8H14N2OS. The van der Waals surface area contributed by atoms with Crippen LogP contribution in [0.4, 0.5) is 5.13 Å². The maximum atomic E-state index is 5.46. The Morgan fingerprint density at radius 3 is 3.08 bits per heavy atom. The van der Waals surface area contributed by atoms with Crippen molar-refractivity contribution in [2.24, 2.45) is 0 Å². The number of nitrogens with zero attached hydrogens (tertiary/aromatic N) is 1. The van der Waals surface area contributed by atoms with Crippen LogP contribution in [0.3, 0.4) is 0 Å². The Bertz CT molecular complexity index is 225. The molecule has 1 rings (SSSR count). The molecule has 0 fully saturated rings. The summed E-state index contributed by atoms with van der Waals surface area (Å²) < 4.78 is 5.39. The maximum absolute atomic E-state index is 5.46. The normalized spacial score (nSPS) is 10.4. The van der Waals surface area contributed by atoms with Crippen LogP contribution in [-0.2, 0) is 11.3 Å². The molecule has 0 aliphatic rings. The minimum Gasteiger partial charge on any atom is -0.376 e. The van der Waals surface area contributed by atoms with Crippen LogP contribution < -0.4 is 5.73 Å². The molecule has 1 aromatic rings. The first-order chi connectivity index (χ1) is 5.83. The largest absolute Gasteiger partial charge is 0.376 e. The molecule has 0 radical (unpaired) electrons. The number of anilines is 1. The SMILES string of the molecule is CCCCOCc1cnc(N)s1. The molecule has 0 spiro atoms. The number of unbranched alkanes of at least 4 members (excludes halogenated alkanes) is 1. The van der Waals surface area contributed by atoms with E-state index < -0.39 is 0 Å². The minimum atomic E-state index is 0.615. The van der Waals surface area contributed by atoms with Crippen LogP contribution in [0.25, 0.3) is 0 Å². The van der Waals surface area contributed by atoms with Gasteiger partial charge in [0.1, 0.15) is 0 Å². The molecule has 0 amide bonds. The van der Waals surface area contributed by atoms with Crippen molar-refractivity contribution in [3.05, 3.63) is 11.1 Å². The molecule has 68 valence electrons. The highest BCUT2D eigenvalue weighted by molar-refractivity contribution is 7.15. The van der Waals surface area contributed by atoms with E-state index in [0.717, 1.165) is 17.9 Å². The highest BCUT2D eigenvalue weighted by Crippen LogP contribution is 2.14. The fourth-order valence-corrected chi connectivity index (χ4v) is 1.43. The first-order valence-corrected chi connectivity index (χ1v) is 4.92. The summed E-state index contributed by atoms with van der Waals surface area (Å²) in [5, 5.41) is 0.615. The summed E-state index contributed by atoms with van der Waals surface area (Å²) in [6.45, 7) is 3.62. The number of nitrogens with two attached hydrogens (primary N) is 1. The molecule has 1 aromatic heterocycles. The van der Waals surface area contributed by atoms with Gasteiger partial charge in [0, 0.05) is 12.8 Å². The number of thiazole rings is 1. The zero-order valence-electron chi connectivity index (χ0n) is 7.25. The van der Waals surface area contributed by atoms with Gasteiger partial charge in [-0.2, -0.15) is 0 Å². The second-order valence-corrected chi connectivity index (χ2v) is 3.72. The molecule has 0 saturated heterocycles. The van der Waals surface area contributed by atoms with Crippen molar-refractivity contribution in [3.63, 3.8) is 0 Å². The predicted octanol–water partition coefficient (Wildman–Crippen LogP) is 2.04. The van der Waals surface area contributed by atoms with Gasteiger partial charge in [0.25, 0.3) is 0 Å². The molecule has 0 bridgehead atoms. The van der Waals surface area contributed by atoms with Crippen molar-refractivity contribution in [3.8, 4) is 0 Å². The molecule has 12 heavy (non-hydrogen) atoms. The highest BCUT2D eigenvalue weighted by atomic mass is 32.1. The van der Waals surface area contributed by atoms with E-state index in [-0.39, 0.29) is 0 Å². The Kier molecular flexibility index (Phi) is 4.04. The van der Waals surface area contributed by atoms with E-state index in [1.807, 2.05) is 0 Å². The number of nitrogen functional groups attached to an aromatic ring is 1. The van der Waals surface area contributed by atoms with Crippen molar-refractivity contribution in [1.29, 1.82) is 0 Å². The molecule has 0 atom stereocenters. The van der Waals surface area contributed by atoms with Crippen molar-refractivity contribution < 1.29 is 4.74 Å². The van der Waals surface area contributed by atoms with E-state index in [4.69, 9.17) is 10.5 Å². The molecule has 0 unspecified atom stereocenters. The van der Waals surface area contributed by atoms with Crippen LogP contribution in [0, 0.1) is 0 Å². The van der Waals surface area contributed by atoms with Crippen LogP contribution in [-0.4, -0.2) is 11.6 Å². The molecule has 1 heterocycles. The minimum absolute atomic E-state index is 0.615. The summed E-state index contributed by atoms with van der Waals surface area (Å²) in [6, 6.07) is 0. The number of aromatic nitrogens is 1. The lowest BCUT2D eigenvalue weighted by Gasteiger charge is -1.98. The van der Waals surface area contributed by atoms with Crippen LogP contribution in [0.2, 0.25) is 0 Å². The molecule has 0 aromatic carbocycles. The number of hydrogen-bond acceptors (Lipinski definition) is 4. The summed E-state index contributed by atoms with van der Waals surface area (Å²) in [7, 11) is 0. The topological polar surface area (TPSA) is 48.1 Å². The van der Waals surface area contributed by atoms with E-state index in [0.29, 0.717) is 11.7 Å². The van der Waals surface area contributed by atoms with Gasteiger partial charge in [-0.1, -0.05) is 24.7 Å². The summed E-state index contributed by atoms with van der Waals surface area (Å²) >= 11 is 1.49. The first kappa shape index (κ1) is 9.48. The number of ether oxygens (including phenoxy) is 1. The second-order valence-electron chi connectivity index (χ2n) is 2.57. The Morgan fingerprint density at radius 2 is 2.50 bits per heavy atom. The fraction of sp³-hybridized carbons (Fsp3) is 0.625. The van der Waals surface area contributed by atoms with E-state index in [9.17, 15) is 0 Å². The van der Waals surface area contributed by atoms with Crippen LogP contribution in [0.5, 0.6) is 0 Å². The van der Waals surface area contributed by atoms with Gasteiger partial charge in [-0.15, -0.1) is 0 Å². The average Bonchev–Trinajstić information content (AvgIpc) is 2.45. The Hall–Kier alpha value is -0.610. The van der Waals surface area contributed by atoms with Crippen molar-refractivity contribution in [2.75, 3.05) is 12.3 Å². The third-order valence-electron chi connectivity index (χ3n) is 1.46. The van der Waals surface area contributed by atoms with E-state index in [2.05, 4.69) is 11.9 Å². The summed E-state index contributed by atoms with van der Waals surface area (Å²) in [6.07, 6.45) is 4.06. The molecule has 2 N–H and O–H groups in total. The molecule has 4 heteroatoms. The molecule has 0 saturated carbocycles. The highest BCUT2D eigenvalue weighted by Gasteiger charge is 1.97. The van der Waals surface area contributed by atoms with Gasteiger partial charge in [-0.3, -0.25) is 0 Å². The zero-order valence-corrected chi connectivity index (χ0v) is 8.06. The van der Waals surface area contributed by atoms with E-state index in [1.54, 1.807) is 6.20 Å². The summed E-state index contributed by atoms with van der Waals surface area (Å²) in [5.41, 5.74) is 5.46. The quantitative estimate of drug-likeness (QED) is 0.716. The summed E-state index contributed by atoms with van der Waals surface area (Å²) in [5.74, 6) is 0. The van der Waals surface area contributed by atoms with E-state index >= 15 is 0 Å². The van der Waals surface area contributed by atoms with Crippen LogP contribution in [0.15, 0.2) is 6.20 Å². The van der Waals surface area contributed by atoms with Gasteiger partial charge < -0.3 is 10.5 Å². The van der Waals surface area contributed by atoms with Crippen molar-refractivity contribution in [1.82, 2.24) is 4.98 Å². The standard InChI is InChI=1S/C8H14N2OS/c1-2-3-4-11-6-7-5-10-8(9)12-7/h5H,2-4,6H2,1H3,(H2,9,10). The molecule has 3 nitrogen and oxygen atoms in total. The Balaban J connectivity index is 2.15. The molecular weight excluding hydrogens is 172 g/mol. The third-order valence-corrected chi connectivity index (χ3v) is 2.26. The van der Waals surface area contributed by atoms with Crippen molar-refractivity contribution in [2.45, 2.75) is 26.4 Å². The van der Waals surface area contributed by atoms with Gasteiger partial charge in [0.15, 0.2) is 5.13 Å². The van der Waals surface area contributed by atoms with Gasteiger partial charge in [-0.05, 0) is 6.42 Å². The lowest BCUT2D eigenvalue weighted by molar-refractivity contribution is 0.120. The van der Waals surface area contributed by atoms with Crippen LogP contribution >= 0.6 is 11.3 Å². The predicted molar refractivity (Wildman–Crippen MR) is 51.1 cm³/mol. The monoisotopic (exact) mass is 186 g/mol. The number of hydrogen-bond donors (Lipinski definition) is 1. The maximum Gasteiger partial charge on any atom is 0.180 e. The third kappa shape index (κ3) is 3.19. The Labute approximate surface area is 76.6 Å². The first-order valence-electron chi connectivity index (χ1n) is 4.11. The van der Waals surface area contributed by atoms with Gasteiger partial charge in [0.05, 0.1) is 11.5 Å². The number of rotatable bonds is 5. The smallest absolute Gasteiger partial charge is 0.180 e. The van der Waals surface area contributed by atoms with Gasteiger partial charge >= 0.3 is 0 Å². The van der Waals surface area contributed by atoms with Gasteiger partial charge in [-0.25, -0.2) is 4.98 Å². The second kappa shape index (κ2) is 5.11. The van der Waals surface area contributed by atoms with Gasteiger partial charge in [0.2, 0.25) is 0 Å². The van der Waals surface area contributed by atoms with Crippen molar-refractivity contribution >= 4 is 16.5 Å². The average molecular weight is 186 g/mol.